The first-order valence-corrected chi connectivity index (χ1v) is 9.02. The Kier molecular flexibility index (Phi) is 4.51. The monoisotopic (exact) mass is 332 g/mol. The first kappa shape index (κ1) is 15.9. The fourth-order valence-corrected chi connectivity index (χ4v) is 3.79. The highest BCUT2D eigenvalue weighted by Gasteiger charge is 2.24. The van der Waals surface area contributed by atoms with Crippen LogP contribution in [0.25, 0.3) is 0 Å². The number of piperidine rings is 1. The van der Waals surface area contributed by atoms with E-state index in [0.717, 1.165) is 32.5 Å². The van der Waals surface area contributed by atoms with E-state index in [4.69, 9.17) is 0 Å². The number of pyridine rings is 1. The molecule has 4 heteroatoms. The normalized spacial score (nSPS) is 15.5. The van der Waals surface area contributed by atoms with Crippen LogP contribution in [-0.4, -0.2) is 27.6 Å². The van der Waals surface area contributed by atoms with Crippen LogP contribution in [0.2, 0.25) is 0 Å². The molecule has 3 heterocycles. The van der Waals surface area contributed by atoms with E-state index in [-0.39, 0.29) is 0 Å². The van der Waals surface area contributed by atoms with Crippen LogP contribution in [0.3, 0.4) is 0 Å². The lowest BCUT2D eigenvalue weighted by Gasteiger charge is -2.34. The number of nitrogens with zero attached hydrogens (tertiary/aromatic N) is 4. The first-order valence-electron chi connectivity index (χ1n) is 9.02. The van der Waals surface area contributed by atoms with Crippen molar-refractivity contribution in [2.45, 2.75) is 32.2 Å². The Hall–Kier alpha value is -2.62. The smallest absolute Gasteiger partial charge is 0.112 e. The van der Waals surface area contributed by atoms with Gasteiger partial charge in [0.05, 0.1) is 0 Å². The number of aromatic nitrogens is 3. The summed E-state index contributed by atoms with van der Waals surface area (Å²) in [6.07, 6.45) is 10.2. The molecule has 0 radical (unpaired) electrons. The van der Waals surface area contributed by atoms with E-state index in [2.05, 4.69) is 69.0 Å². The molecule has 1 aromatic carbocycles. The lowest BCUT2D eigenvalue weighted by molar-refractivity contribution is 0.470. The third kappa shape index (κ3) is 3.43. The van der Waals surface area contributed by atoms with Gasteiger partial charge in [-0.2, -0.15) is 0 Å². The highest BCUT2D eigenvalue weighted by molar-refractivity contribution is 5.51. The molecule has 3 aromatic rings. The number of imidazole rings is 1. The minimum Gasteiger partial charge on any atom is -0.371 e. The molecule has 4 nitrogen and oxygen atoms in total. The molecule has 0 N–H and O–H groups in total. The van der Waals surface area contributed by atoms with E-state index in [1.54, 1.807) is 0 Å². The zero-order valence-electron chi connectivity index (χ0n) is 14.7. The van der Waals surface area contributed by atoms with Crippen LogP contribution < -0.4 is 4.90 Å². The number of anilines is 1. The predicted molar refractivity (Wildman–Crippen MR) is 101 cm³/mol. The largest absolute Gasteiger partial charge is 0.371 e. The van der Waals surface area contributed by atoms with E-state index in [0.29, 0.717) is 5.92 Å². The molecule has 128 valence electrons. The van der Waals surface area contributed by atoms with Gasteiger partial charge < -0.3 is 9.47 Å². The maximum atomic E-state index is 4.69. The van der Waals surface area contributed by atoms with Crippen molar-refractivity contribution < 1.29 is 0 Å². The maximum absolute atomic E-state index is 4.69. The molecule has 0 unspecified atom stereocenters. The van der Waals surface area contributed by atoms with Crippen LogP contribution in [0.4, 0.5) is 5.69 Å². The van der Waals surface area contributed by atoms with Gasteiger partial charge >= 0.3 is 0 Å². The lowest BCUT2D eigenvalue weighted by atomic mass is 9.95. The Morgan fingerprint density at radius 2 is 1.84 bits per heavy atom. The van der Waals surface area contributed by atoms with E-state index in [1.807, 2.05) is 18.6 Å². The van der Waals surface area contributed by atoms with Gasteiger partial charge in [-0.05, 0) is 37.0 Å². The van der Waals surface area contributed by atoms with Gasteiger partial charge in [-0.15, -0.1) is 0 Å². The molecular formula is C21H24N4. The fourth-order valence-electron chi connectivity index (χ4n) is 3.79. The second kappa shape index (κ2) is 7.09. The van der Waals surface area contributed by atoms with Gasteiger partial charge in [0.1, 0.15) is 5.82 Å². The van der Waals surface area contributed by atoms with Crippen LogP contribution in [0.15, 0.2) is 61.2 Å². The molecule has 1 saturated heterocycles. The average Bonchev–Trinajstić information content (AvgIpc) is 3.11. The van der Waals surface area contributed by atoms with Crippen LogP contribution in [0.1, 0.15) is 35.7 Å². The first-order chi connectivity index (χ1) is 12.3. The summed E-state index contributed by atoms with van der Waals surface area (Å²) in [4.78, 5) is 11.4. The summed E-state index contributed by atoms with van der Waals surface area (Å²) in [6.45, 7) is 5.20. The van der Waals surface area contributed by atoms with Crippen molar-refractivity contribution in [2.24, 2.45) is 0 Å². The summed E-state index contributed by atoms with van der Waals surface area (Å²) in [5.41, 5.74) is 3.90. The third-order valence-corrected chi connectivity index (χ3v) is 5.13. The van der Waals surface area contributed by atoms with Gasteiger partial charge in [0.2, 0.25) is 0 Å². The second-order valence-electron chi connectivity index (χ2n) is 6.82. The van der Waals surface area contributed by atoms with Crippen molar-refractivity contribution in [3.63, 3.8) is 0 Å². The van der Waals surface area contributed by atoms with E-state index < -0.39 is 0 Å². The topological polar surface area (TPSA) is 34.0 Å². The lowest BCUT2D eigenvalue weighted by Crippen LogP contribution is -2.34. The summed E-state index contributed by atoms with van der Waals surface area (Å²) >= 11 is 0. The molecule has 0 spiro atoms. The van der Waals surface area contributed by atoms with Crippen LogP contribution >= 0.6 is 0 Å². The highest BCUT2D eigenvalue weighted by atomic mass is 15.1. The van der Waals surface area contributed by atoms with Crippen LogP contribution in [0, 0.1) is 6.92 Å². The van der Waals surface area contributed by atoms with Gasteiger partial charge in [0, 0.05) is 56.0 Å². The number of hydrogen-bond donors (Lipinski definition) is 0. The van der Waals surface area contributed by atoms with Gasteiger partial charge in [-0.1, -0.05) is 30.3 Å². The van der Waals surface area contributed by atoms with Crippen molar-refractivity contribution in [1.82, 2.24) is 14.5 Å². The van der Waals surface area contributed by atoms with Crippen molar-refractivity contribution >= 4 is 5.69 Å². The number of aryl methyl sites for hydroxylation is 1. The summed E-state index contributed by atoms with van der Waals surface area (Å²) < 4.78 is 2.31. The number of rotatable bonds is 4. The minimum absolute atomic E-state index is 0.539. The Labute approximate surface area is 149 Å². The zero-order chi connectivity index (χ0) is 17.1. The van der Waals surface area contributed by atoms with Gasteiger partial charge in [0.25, 0.3) is 0 Å². The van der Waals surface area contributed by atoms with Crippen LogP contribution in [-0.2, 0) is 6.54 Å². The summed E-state index contributed by atoms with van der Waals surface area (Å²) in [5, 5.41) is 0. The molecule has 1 aliphatic heterocycles. The molecule has 25 heavy (non-hydrogen) atoms. The average molecular weight is 332 g/mol. The van der Waals surface area contributed by atoms with Gasteiger partial charge in [-0.3, -0.25) is 4.98 Å². The molecule has 0 aliphatic carbocycles. The molecule has 0 saturated carbocycles. The summed E-state index contributed by atoms with van der Waals surface area (Å²) in [5.74, 6) is 1.77. The molecular weight excluding hydrogens is 308 g/mol. The van der Waals surface area contributed by atoms with Crippen molar-refractivity contribution in [1.29, 1.82) is 0 Å². The fraction of sp³-hybridized carbons (Fsp3) is 0.333. The summed E-state index contributed by atoms with van der Waals surface area (Å²) in [7, 11) is 0. The highest BCUT2D eigenvalue weighted by Crippen LogP contribution is 2.30. The van der Waals surface area contributed by atoms with E-state index >= 15 is 0 Å². The molecule has 1 fully saturated rings. The quantitative estimate of drug-likeness (QED) is 0.724. The molecule has 4 rings (SSSR count). The summed E-state index contributed by atoms with van der Waals surface area (Å²) in [6, 6.07) is 12.8. The Bertz CT molecular complexity index is 817. The van der Waals surface area contributed by atoms with E-state index in [1.165, 1.54) is 22.6 Å². The Morgan fingerprint density at radius 3 is 2.60 bits per heavy atom. The molecule has 1 aliphatic rings. The SMILES string of the molecule is Cc1cnccc1N1CCC(c2nccn2Cc2ccccc2)CC1. The number of benzene rings is 1. The molecule has 0 atom stereocenters. The van der Waals surface area contributed by atoms with Crippen molar-refractivity contribution in [3.8, 4) is 0 Å². The van der Waals surface area contributed by atoms with E-state index in [9.17, 15) is 0 Å². The van der Waals surface area contributed by atoms with Gasteiger partial charge in [-0.25, -0.2) is 4.98 Å². The minimum atomic E-state index is 0.539. The van der Waals surface area contributed by atoms with Crippen molar-refractivity contribution in [3.05, 3.63) is 78.1 Å². The maximum Gasteiger partial charge on any atom is 0.112 e. The molecule has 0 bridgehead atoms. The number of hydrogen-bond acceptors (Lipinski definition) is 3. The standard InChI is InChI=1S/C21H24N4/c1-17-15-22-10-7-20(17)24-12-8-19(9-13-24)21-23-11-14-25(21)16-18-5-3-2-4-6-18/h2-7,10-11,14-15,19H,8-9,12-13,16H2,1H3. The zero-order valence-corrected chi connectivity index (χ0v) is 14.7. The molecule has 2 aromatic heterocycles. The van der Waals surface area contributed by atoms with Crippen molar-refractivity contribution in [2.75, 3.05) is 18.0 Å². The predicted octanol–water partition coefficient (Wildman–Crippen LogP) is 4.02. The Morgan fingerprint density at radius 1 is 1.04 bits per heavy atom. The van der Waals surface area contributed by atoms with Crippen LogP contribution in [0.5, 0.6) is 0 Å². The Balaban J connectivity index is 1.45. The third-order valence-electron chi connectivity index (χ3n) is 5.13. The second-order valence-corrected chi connectivity index (χ2v) is 6.82. The molecule has 0 amide bonds. The van der Waals surface area contributed by atoms with Gasteiger partial charge in [0.15, 0.2) is 0 Å².